The number of nitrogens with zero attached hydrogens (tertiary/aromatic N) is 3. The van der Waals surface area contributed by atoms with Crippen LogP contribution in [0.4, 0.5) is 10.1 Å². The van der Waals surface area contributed by atoms with Crippen LogP contribution in [0.2, 0.25) is 10.0 Å². The van der Waals surface area contributed by atoms with Crippen LogP contribution in [-0.2, 0) is 16.9 Å². The van der Waals surface area contributed by atoms with Crippen LogP contribution < -0.4 is 5.32 Å². The van der Waals surface area contributed by atoms with Crippen molar-refractivity contribution >= 4 is 51.6 Å². The molecule has 2 fully saturated rings. The van der Waals surface area contributed by atoms with E-state index in [2.05, 4.69) is 14.8 Å². The molecule has 7 nitrogen and oxygen atoms in total. The van der Waals surface area contributed by atoms with Crippen LogP contribution in [0.25, 0.3) is 11.0 Å². The van der Waals surface area contributed by atoms with Gasteiger partial charge in [-0.05, 0) is 87.4 Å². The first-order valence-corrected chi connectivity index (χ1v) is 16.8. The van der Waals surface area contributed by atoms with E-state index < -0.39 is 22.9 Å². The van der Waals surface area contributed by atoms with E-state index in [0.717, 1.165) is 42.7 Å². The lowest BCUT2D eigenvalue weighted by Crippen LogP contribution is -2.53. The maximum Gasteiger partial charge on any atom is 0.250 e. The maximum absolute atomic E-state index is 16.3. The van der Waals surface area contributed by atoms with Gasteiger partial charge in [-0.25, -0.2) is 9.37 Å². The van der Waals surface area contributed by atoms with Gasteiger partial charge in [-0.2, -0.15) is 0 Å². The summed E-state index contributed by atoms with van der Waals surface area (Å²) in [5.41, 5.74) is 1.82. The molecule has 4 aliphatic rings. The van der Waals surface area contributed by atoms with E-state index in [9.17, 15) is 14.7 Å². The zero-order chi connectivity index (χ0) is 32.1. The van der Waals surface area contributed by atoms with E-state index in [1.54, 1.807) is 38.1 Å². The van der Waals surface area contributed by atoms with Crippen LogP contribution in [-0.4, -0.2) is 49.4 Å². The van der Waals surface area contributed by atoms with Crippen LogP contribution >= 0.6 is 23.2 Å². The molecule has 47 heavy (non-hydrogen) atoms. The predicted molar refractivity (Wildman–Crippen MR) is 183 cm³/mol. The molecular formula is C37H39Cl2FN4O3. The molecule has 4 atom stereocenters. The maximum atomic E-state index is 16.3. The average molecular weight is 678 g/mol. The Morgan fingerprint density at radius 3 is 2.66 bits per heavy atom. The smallest absolute Gasteiger partial charge is 0.250 e. The van der Waals surface area contributed by atoms with Gasteiger partial charge in [0.2, 0.25) is 5.91 Å². The fourth-order valence-electron chi connectivity index (χ4n) is 8.33. The second-order valence-corrected chi connectivity index (χ2v) is 14.9. The van der Waals surface area contributed by atoms with Crippen LogP contribution in [0.1, 0.15) is 92.5 Å². The molecule has 8 rings (SSSR count). The van der Waals surface area contributed by atoms with Gasteiger partial charge >= 0.3 is 0 Å². The number of imidazole rings is 1. The number of anilines is 1. The summed E-state index contributed by atoms with van der Waals surface area (Å²) in [5, 5.41) is 13.8. The first-order valence-electron chi connectivity index (χ1n) is 16.1. The summed E-state index contributed by atoms with van der Waals surface area (Å²) in [6.07, 6.45) is 3.52. The molecule has 1 aromatic heterocycles. The first kappa shape index (κ1) is 32.3. The fraction of sp³-hybridized carbons (Fsp3) is 0.432. The van der Waals surface area contributed by atoms with Crippen LogP contribution in [0.15, 0.2) is 54.6 Å². The molecule has 1 spiro atoms. The van der Waals surface area contributed by atoms with Gasteiger partial charge in [0, 0.05) is 59.2 Å². The number of aryl methyl sites for hydroxylation is 1. The summed E-state index contributed by atoms with van der Waals surface area (Å²) in [6, 6.07) is 16.0. The monoisotopic (exact) mass is 676 g/mol. The number of hydrogen-bond acceptors (Lipinski definition) is 5. The van der Waals surface area contributed by atoms with Gasteiger partial charge in [0.1, 0.15) is 17.2 Å². The lowest BCUT2D eigenvalue weighted by molar-refractivity contribution is -0.128. The molecule has 3 aliphatic heterocycles. The topological polar surface area (TPSA) is 87.5 Å². The highest BCUT2D eigenvalue weighted by atomic mass is 35.5. The van der Waals surface area contributed by atoms with Gasteiger partial charge in [0.15, 0.2) is 5.78 Å². The van der Waals surface area contributed by atoms with E-state index in [-0.39, 0.29) is 42.5 Å². The van der Waals surface area contributed by atoms with Crippen molar-refractivity contribution in [2.24, 2.45) is 5.92 Å². The number of aliphatic hydroxyl groups is 1. The Hall–Kier alpha value is -3.30. The fourth-order valence-corrected chi connectivity index (χ4v) is 8.69. The Balaban J connectivity index is 0.00000351. The number of benzene rings is 3. The van der Waals surface area contributed by atoms with Gasteiger partial charge in [0.05, 0.1) is 21.7 Å². The molecule has 1 amide bonds. The zero-order valence-electron chi connectivity index (χ0n) is 25.7. The SMILES string of the molecule is C.CC(C)(O)CCC(=O)c1ccc2c(c1)nc1n2CC[C@H]2[C@@H]1[C@H](c1cccc(Cl)c1F)[C@]1(C(=O)Nc3cc(Cl)ccc31)N2CC1CC1. The third-order valence-corrected chi connectivity index (χ3v) is 11.1. The quantitative estimate of drug-likeness (QED) is 0.193. The van der Waals surface area contributed by atoms with E-state index in [0.29, 0.717) is 46.2 Å². The summed E-state index contributed by atoms with van der Waals surface area (Å²) in [4.78, 5) is 35.2. The minimum Gasteiger partial charge on any atom is -0.390 e. The van der Waals surface area contributed by atoms with E-state index >= 15 is 4.39 Å². The van der Waals surface area contributed by atoms with Crippen molar-refractivity contribution in [3.05, 3.63) is 93.0 Å². The highest BCUT2D eigenvalue weighted by molar-refractivity contribution is 6.31. The summed E-state index contributed by atoms with van der Waals surface area (Å²) in [7, 11) is 0. The number of halogens is 3. The number of ketones is 1. The molecule has 3 aromatic carbocycles. The molecule has 4 heterocycles. The van der Waals surface area contributed by atoms with E-state index in [1.807, 2.05) is 24.3 Å². The number of aromatic nitrogens is 2. The Kier molecular flexibility index (Phi) is 7.82. The summed E-state index contributed by atoms with van der Waals surface area (Å²) in [6.45, 7) is 4.79. The number of fused-ring (bicyclic) bond motifs is 7. The van der Waals surface area contributed by atoms with E-state index in [4.69, 9.17) is 28.2 Å². The average Bonchev–Trinajstić information content (AvgIpc) is 3.60. The van der Waals surface area contributed by atoms with Crippen LogP contribution in [0, 0.1) is 11.7 Å². The Morgan fingerprint density at radius 1 is 1.13 bits per heavy atom. The largest absolute Gasteiger partial charge is 0.390 e. The normalized spacial score (nSPS) is 25.0. The lowest BCUT2D eigenvalue weighted by atomic mass is 9.70. The molecule has 4 aromatic rings. The second kappa shape index (κ2) is 11.4. The van der Waals surface area contributed by atoms with Gasteiger partial charge in [-0.3, -0.25) is 14.5 Å². The number of carbonyl (C=O) groups excluding carboxylic acids is 2. The third kappa shape index (κ3) is 5.02. The molecule has 1 saturated heterocycles. The standard InChI is InChI=1S/C36H35Cl2FN4O3.CH4/c1-35(2,46)14-12-29(44)20-8-11-27-26(16-20)40-33-30-28(13-15-42(27)33)43(18-19-6-7-19)36(31(30)22-4-3-5-24(38)32(22)39)23-10-9-21(37)17-25(23)41-34(36)45;/h3-5,8-11,16-17,19,28,30-31,46H,6-7,12-15,18H2,1-2H3,(H,41,45);1H4/t28-,30+,31-,36+;/m0./s1. The van der Waals surface area contributed by atoms with Gasteiger partial charge in [0.25, 0.3) is 0 Å². The van der Waals surface area contributed by atoms with Gasteiger partial charge in [-0.1, -0.05) is 48.8 Å². The Morgan fingerprint density at radius 2 is 1.91 bits per heavy atom. The Bertz CT molecular complexity index is 1930. The number of rotatable bonds is 7. The van der Waals surface area contributed by atoms with Gasteiger partial charge in [-0.15, -0.1) is 0 Å². The molecule has 2 N–H and O–H groups in total. The molecule has 246 valence electrons. The van der Waals surface area contributed by atoms with E-state index in [1.165, 1.54) is 6.07 Å². The highest BCUT2D eigenvalue weighted by Crippen LogP contribution is 2.64. The summed E-state index contributed by atoms with van der Waals surface area (Å²) >= 11 is 12.9. The molecule has 0 radical (unpaired) electrons. The van der Waals surface area contributed by atoms with Crippen molar-refractivity contribution in [1.29, 1.82) is 0 Å². The van der Waals surface area contributed by atoms with Crippen LogP contribution in [0.5, 0.6) is 0 Å². The molecule has 0 bridgehead atoms. The summed E-state index contributed by atoms with van der Waals surface area (Å²) < 4.78 is 18.5. The third-order valence-electron chi connectivity index (χ3n) is 10.5. The highest BCUT2D eigenvalue weighted by Gasteiger charge is 2.69. The van der Waals surface area contributed by atoms with Crippen molar-refractivity contribution in [2.45, 2.75) is 88.9 Å². The van der Waals surface area contributed by atoms with Crippen molar-refractivity contribution < 1.29 is 19.1 Å². The van der Waals surface area contributed by atoms with Crippen molar-refractivity contribution in [2.75, 3.05) is 11.9 Å². The number of carbonyl (C=O) groups is 2. The lowest BCUT2D eigenvalue weighted by Gasteiger charge is -2.40. The number of Topliss-reactive ketones (excluding diaryl/α,β-unsaturated/α-hetero) is 1. The van der Waals surface area contributed by atoms with Crippen LogP contribution in [0.3, 0.4) is 0 Å². The summed E-state index contributed by atoms with van der Waals surface area (Å²) in [5.74, 6) is -0.501. The molecule has 0 unspecified atom stereocenters. The molecule has 10 heteroatoms. The Labute approximate surface area is 284 Å². The number of hydrogen-bond donors (Lipinski definition) is 2. The first-order chi connectivity index (χ1) is 22.0. The molecule has 1 aliphatic carbocycles. The number of amides is 1. The minimum absolute atomic E-state index is 0. The number of likely N-dealkylation sites (tertiary alicyclic amines) is 1. The second-order valence-electron chi connectivity index (χ2n) is 14.1. The van der Waals surface area contributed by atoms with Crippen molar-refractivity contribution in [3.8, 4) is 0 Å². The van der Waals surface area contributed by atoms with Gasteiger partial charge < -0.3 is 15.0 Å². The van der Waals surface area contributed by atoms with Crippen molar-refractivity contribution in [1.82, 2.24) is 14.5 Å². The zero-order valence-corrected chi connectivity index (χ0v) is 27.2. The molecule has 1 saturated carbocycles. The minimum atomic E-state index is -1.20. The molecular weight excluding hydrogens is 638 g/mol. The predicted octanol–water partition coefficient (Wildman–Crippen LogP) is 8.07. The van der Waals surface area contributed by atoms with Crippen molar-refractivity contribution in [3.63, 3.8) is 0 Å². The number of nitrogens with one attached hydrogen (secondary N) is 1.